The van der Waals surface area contributed by atoms with E-state index < -0.39 is 5.60 Å². The molecule has 1 atom stereocenters. The monoisotopic (exact) mass is 403 g/mol. The van der Waals surface area contributed by atoms with Gasteiger partial charge in [0.25, 0.3) is 0 Å². The number of aliphatic hydroxyl groups is 1. The van der Waals surface area contributed by atoms with Crippen LogP contribution in [0.3, 0.4) is 0 Å². The Kier molecular flexibility index (Phi) is 4.44. The molecule has 0 bridgehead atoms. The number of halogens is 1. The van der Waals surface area contributed by atoms with Crippen LogP contribution in [0.1, 0.15) is 12.5 Å². The molecule has 0 saturated carbocycles. The molecule has 0 radical (unpaired) electrons. The van der Waals surface area contributed by atoms with Crippen LogP contribution in [-0.4, -0.2) is 34.6 Å². The lowest BCUT2D eigenvalue weighted by Crippen LogP contribution is -2.42. The number of hydrogen-bond donors (Lipinski definition) is 1. The van der Waals surface area contributed by atoms with Crippen LogP contribution in [0.5, 0.6) is 5.75 Å². The molecule has 2 heterocycles. The molecule has 30 heavy (non-hydrogen) atoms. The molecule has 0 saturated heterocycles. The Hall–Kier alpha value is -3.38. The molecule has 6 heteroatoms. The van der Waals surface area contributed by atoms with Gasteiger partial charge in [0, 0.05) is 5.39 Å². The van der Waals surface area contributed by atoms with Crippen molar-refractivity contribution in [3.63, 3.8) is 0 Å². The summed E-state index contributed by atoms with van der Waals surface area (Å²) in [4.78, 5) is 2.15. The second-order valence-electron chi connectivity index (χ2n) is 7.82. The molecule has 1 N–H and O–H groups in total. The maximum atomic E-state index is 13.6. The van der Waals surface area contributed by atoms with E-state index in [2.05, 4.69) is 10.00 Å². The second-order valence-corrected chi connectivity index (χ2v) is 7.82. The van der Waals surface area contributed by atoms with E-state index in [9.17, 15) is 9.50 Å². The molecular weight excluding hydrogens is 381 g/mol. The summed E-state index contributed by atoms with van der Waals surface area (Å²) in [6, 6.07) is 20.0. The molecule has 0 fully saturated rings. The van der Waals surface area contributed by atoms with Gasteiger partial charge < -0.3 is 14.7 Å². The van der Waals surface area contributed by atoms with Crippen LogP contribution < -0.4 is 9.64 Å². The average Bonchev–Trinajstić information content (AvgIpc) is 3.17. The Morgan fingerprint density at radius 3 is 2.83 bits per heavy atom. The Balaban J connectivity index is 1.46. The van der Waals surface area contributed by atoms with Gasteiger partial charge in [-0.2, -0.15) is 5.10 Å². The van der Waals surface area contributed by atoms with Gasteiger partial charge in [0.15, 0.2) is 0 Å². The Bertz CT molecular complexity index is 1220. The number of aromatic nitrogens is 2. The van der Waals surface area contributed by atoms with E-state index in [1.54, 1.807) is 16.9 Å². The first-order chi connectivity index (χ1) is 14.5. The third kappa shape index (κ3) is 3.29. The molecule has 0 spiro atoms. The number of hydrogen-bond acceptors (Lipinski definition) is 4. The summed E-state index contributed by atoms with van der Waals surface area (Å²) in [5, 5.41) is 16.6. The molecule has 5 nitrogen and oxygen atoms in total. The fraction of sp³-hybridized carbons (Fsp3) is 0.208. The van der Waals surface area contributed by atoms with Gasteiger partial charge in [-0.15, -0.1) is 0 Å². The van der Waals surface area contributed by atoms with E-state index >= 15 is 0 Å². The topological polar surface area (TPSA) is 50.5 Å². The average molecular weight is 403 g/mol. The van der Waals surface area contributed by atoms with E-state index in [0.717, 1.165) is 27.9 Å². The standard InChI is InChI=1S/C24H22FN3O2/c1-24(29,16-27-11-12-30-23-8-3-2-7-22(23)27)18-9-10-21-17(13-18)15-26-28(21)20-6-4-5-19(25)14-20/h2-10,13-15,29H,11-12,16H2,1H3. The van der Waals surface area contributed by atoms with Crippen molar-refractivity contribution >= 4 is 16.6 Å². The molecule has 1 aromatic heterocycles. The van der Waals surface area contributed by atoms with Gasteiger partial charge in [-0.25, -0.2) is 9.07 Å². The molecule has 4 aromatic rings. The maximum Gasteiger partial charge on any atom is 0.142 e. The maximum absolute atomic E-state index is 13.6. The van der Waals surface area contributed by atoms with Crippen LogP contribution in [0, 0.1) is 5.82 Å². The molecule has 0 aliphatic carbocycles. The number of benzene rings is 3. The number of nitrogens with zero attached hydrogens (tertiary/aromatic N) is 3. The van der Waals surface area contributed by atoms with Crippen LogP contribution in [-0.2, 0) is 5.60 Å². The van der Waals surface area contributed by atoms with Crippen molar-refractivity contribution in [2.45, 2.75) is 12.5 Å². The first-order valence-corrected chi connectivity index (χ1v) is 9.95. The minimum absolute atomic E-state index is 0.304. The van der Waals surface area contributed by atoms with Gasteiger partial charge in [0.1, 0.15) is 23.8 Å². The Morgan fingerprint density at radius 2 is 1.97 bits per heavy atom. The highest BCUT2D eigenvalue weighted by molar-refractivity contribution is 5.81. The Labute approximate surface area is 173 Å². The summed E-state index contributed by atoms with van der Waals surface area (Å²) in [7, 11) is 0. The minimum atomic E-state index is -1.07. The predicted molar refractivity (Wildman–Crippen MR) is 115 cm³/mol. The van der Waals surface area contributed by atoms with Crippen LogP contribution in [0.25, 0.3) is 16.6 Å². The highest BCUT2D eigenvalue weighted by Crippen LogP contribution is 2.34. The summed E-state index contributed by atoms with van der Waals surface area (Å²) in [5.41, 5.74) is 2.24. The first kappa shape index (κ1) is 18.6. The molecule has 1 aliphatic rings. The normalized spacial score (nSPS) is 15.5. The summed E-state index contributed by atoms with van der Waals surface area (Å²) in [6.07, 6.45) is 1.74. The van der Waals surface area contributed by atoms with Crippen LogP contribution >= 0.6 is 0 Å². The van der Waals surface area contributed by atoms with Gasteiger partial charge in [-0.05, 0) is 55.0 Å². The first-order valence-electron chi connectivity index (χ1n) is 9.95. The van der Waals surface area contributed by atoms with Gasteiger partial charge in [-0.1, -0.05) is 24.3 Å². The molecule has 5 rings (SSSR count). The lowest BCUT2D eigenvalue weighted by molar-refractivity contribution is 0.0629. The summed E-state index contributed by atoms with van der Waals surface area (Å²) >= 11 is 0. The third-order valence-electron chi connectivity index (χ3n) is 5.57. The smallest absolute Gasteiger partial charge is 0.142 e. The number of para-hydroxylation sites is 2. The largest absolute Gasteiger partial charge is 0.490 e. The van der Waals surface area contributed by atoms with E-state index in [4.69, 9.17) is 4.74 Å². The van der Waals surface area contributed by atoms with Gasteiger partial charge in [0.2, 0.25) is 0 Å². The lowest BCUT2D eigenvalue weighted by Gasteiger charge is -2.36. The highest BCUT2D eigenvalue weighted by Gasteiger charge is 2.29. The number of β-amino-alcohol motifs (C(OH)–C–C–N with tert-alkyl or cyclic N) is 1. The minimum Gasteiger partial charge on any atom is -0.490 e. The van der Waals surface area contributed by atoms with Crippen LogP contribution in [0.15, 0.2) is 72.9 Å². The highest BCUT2D eigenvalue weighted by atomic mass is 19.1. The van der Waals surface area contributed by atoms with E-state index in [1.165, 1.54) is 12.1 Å². The number of ether oxygens (including phenoxy) is 1. The van der Waals surface area contributed by atoms with E-state index in [1.807, 2.05) is 55.5 Å². The van der Waals surface area contributed by atoms with E-state index in [-0.39, 0.29) is 5.82 Å². The van der Waals surface area contributed by atoms with Crippen molar-refractivity contribution in [3.8, 4) is 11.4 Å². The quantitative estimate of drug-likeness (QED) is 0.553. The molecule has 0 amide bonds. The zero-order valence-corrected chi connectivity index (χ0v) is 16.6. The number of rotatable bonds is 4. The van der Waals surface area contributed by atoms with Crippen molar-refractivity contribution in [3.05, 3.63) is 84.3 Å². The Morgan fingerprint density at radius 1 is 1.10 bits per heavy atom. The van der Waals surface area contributed by atoms with Gasteiger partial charge in [0.05, 0.1) is 36.2 Å². The zero-order valence-electron chi connectivity index (χ0n) is 16.6. The number of anilines is 1. The van der Waals surface area contributed by atoms with Crippen LogP contribution in [0.2, 0.25) is 0 Å². The van der Waals surface area contributed by atoms with Crippen molar-refractivity contribution in [1.82, 2.24) is 9.78 Å². The summed E-state index contributed by atoms with van der Waals surface area (Å²) < 4.78 is 21.0. The van der Waals surface area contributed by atoms with Gasteiger partial charge >= 0.3 is 0 Å². The van der Waals surface area contributed by atoms with Crippen molar-refractivity contribution in [2.24, 2.45) is 0 Å². The van der Waals surface area contributed by atoms with Crippen molar-refractivity contribution in [1.29, 1.82) is 0 Å². The summed E-state index contributed by atoms with van der Waals surface area (Å²) in [6.45, 7) is 3.57. The molecule has 1 unspecified atom stereocenters. The fourth-order valence-corrected chi connectivity index (χ4v) is 4.04. The van der Waals surface area contributed by atoms with Crippen molar-refractivity contribution < 1.29 is 14.2 Å². The van der Waals surface area contributed by atoms with Crippen molar-refractivity contribution in [2.75, 3.05) is 24.6 Å². The molecule has 152 valence electrons. The molecule has 3 aromatic carbocycles. The SMILES string of the molecule is CC(O)(CN1CCOc2ccccc21)c1ccc2c(cnn2-c2cccc(F)c2)c1. The molecular formula is C24H22FN3O2. The van der Waals surface area contributed by atoms with E-state index in [0.29, 0.717) is 25.4 Å². The van der Waals surface area contributed by atoms with Gasteiger partial charge in [-0.3, -0.25) is 0 Å². The lowest BCUT2D eigenvalue weighted by atomic mass is 9.94. The second kappa shape index (κ2) is 7.15. The number of fused-ring (bicyclic) bond motifs is 2. The predicted octanol–water partition coefficient (Wildman–Crippen LogP) is 4.27. The zero-order chi connectivity index (χ0) is 20.7. The third-order valence-corrected chi connectivity index (χ3v) is 5.57. The fourth-order valence-electron chi connectivity index (χ4n) is 4.04. The molecule has 1 aliphatic heterocycles. The van der Waals surface area contributed by atoms with Crippen LogP contribution in [0.4, 0.5) is 10.1 Å². The summed E-state index contributed by atoms with van der Waals surface area (Å²) in [5.74, 6) is 0.535.